The summed E-state index contributed by atoms with van der Waals surface area (Å²) in [6.45, 7) is 5.39. The first-order valence-electron chi connectivity index (χ1n) is 5.05. The standard InChI is InChI=1S/C10H16N4O3/c1-6-7(17-5-13-6)8(15)12-4-10(2,3)9(11)14-16/h5,16H,4H2,1-3H3,(H2,11,14)(H,12,15). The molecule has 0 atom stereocenters. The lowest BCUT2D eigenvalue weighted by atomic mass is 9.92. The van der Waals surface area contributed by atoms with Crippen molar-refractivity contribution >= 4 is 11.7 Å². The lowest BCUT2D eigenvalue weighted by molar-refractivity contribution is 0.0915. The molecule has 7 heteroatoms. The third kappa shape index (κ3) is 2.96. The highest BCUT2D eigenvalue weighted by Crippen LogP contribution is 2.14. The van der Waals surface area contributed by atoms with Crippen LogP contribution in [-0.4, -0.2) is 28.5 Å². The van der Waals surface area contributed by atoms with Gasteiger partial charge in [0, 0.05) is 12.0 Å². The average molecular weight is 240 g/mol. The van der Waals surface area contributed by atoms with Gasteiger partial charge >= 0.3 is 0 Å². The number of nitrogens with one attached hydrogen (secondary N) is 1. The summed E-state index contributed by atoms with van der Waals surface area (Å²) in [7, 11) is 0. The Labute approximate surface area is 98.7 Å². The number of nitrogens with zero attached hydrogens (tertiary/aromatic N) is 2. The van der Waals surface area contributed by atoms with E-state index in [0.717, 1.165) is 0 Å². The molecule has 1 rings (SSSR count). The number of aryl methyl sites for hydroxylation is 1. The summed E-state index contributed by atoms with van der Waals surface area (Å²) in [4.78, 5) is 15.5. The van der Waals surface area contributed by atoms with Crippen molar-refractivity contribution in [1.29, 1.82) is 0 Å². The van der Waals surface area contributed by atoms with Gasteiger partial charge in [-0.15, -0.1) is 0 Å². The zero-order valence-corrected chi connectivity index (χ0v) is 10.0. The molecule has 0 fully saturated rings. The Hall–Kier alpha value is -2.05. The van der Waals surface area contributed by atoms with Crippen molar-refractivity contribution in [2.45, 2.75) is 20.8 Å². The van der Waals surface area contributed by atoms with Gasteiger partial charge in [-0.05, 0) is 6.92 Å². The molecule has 0 bridgehead atoms. The van der Waals surface area contributed by atoms with Crippen LogP contribution in [0.4, 0.5) is 0 Å². The number of amides is 1. The Kier molecular flexibility index (Phi) is 3.72. The molecule has 4 N–H and O–H groups in total. The summed E-state index contributed by atoms with van der Waals surface area (Å²) in [6.07, 6.45) is 1.21. The molecule has 7 nitrogen and oxygen atoms in total. The van der Waals surface area contributed by atoms with E-state index in [1.807, 2.05) is 0 Å². The second kappa shape index (κ2) is 4.86. The van der Waals surface area contributed by atoms with Crippen LogP contribution in [0.3, 0.4) is 0 Å². The van der Waals surface area contributed by atoms with Gasteiger partial charge in [-0.1, -0.05) is 19.0 Å². The number of oxime groups is 1. The summed E-state index contributed by atoms with van der Waals surface area (Å²) in [5, 5.41) is 14.1. The van der Waals surface area contributed by atoms with Crippen LogP contribution in [0.25, 0.3) is 0 Å². The second-order valence-corrected chi connectivity index (χ2v) is 4.32. The van der Waals surface area contributed by atoms with Crippen LogP contribution in [-0.2, 0) is 0 Å². The molecule has 17 heavy (non-hydrogen) atoms. The highest BCUT2D eigenvalue weighted by atomic mass is 16.4. The van der Waals surface area contributed by atoms with Gasteiger partial charge in [-0.25, -0.2) is 4.98 Å². The molecular formula is C10H16N4O3. The topological polar surface area (TPSA) is 114 Å². The number of rotatable bonds is 4. The summed E-state index contributed by atoms with van der Waals surface area (Å²) < 4.78 is 4.94. The Balaban J connectivity index is 2.64. The second-order valence-electron chi connectivity index (χ2n) is 4.32. The highest BCUT2D eigenvalue weighted by Gasteiger charge is 2.25. The molecule has 0 saturated heterocycles. The zero-order chi connectivity index (χ0) is 13.1. The number of oxazole rings is 1. The predicted molar refractivity (Wildman–Crippen MR) is 60.8 cm³/mol. The minimum Gasteiger partial charge on any atom is -0.438 e. The molecule has 0 aliphatic rings. The minimum atomic E-state index is -0.641. The number of hydrogen-bond acceptors (Lipinski definition) is 5. The van der Waals surface area contributed by atoms with Crippen LogP contribution in [0, 0.1) is 12.3 Å². The molecule has 1 amide bonds. The highest BCUT2D eigenvalue weighted by molar-refractivity contribution is 5.93. The average Bonchev–Trinajstić information content (AvgIpc) is 2.71. The van der Waals surface area contributed by atoms with Gasteiger partial charge in [0.1, 0.15) is 5.84 Å². The van der Waals surface area contributed by atoms with Crippen LogP contribution >= 0.6 is 0 Å². The van der Waals surface area contributed by atoms with Gasteiger partial charge in [-0.3, -0.25) is 4.79 Å². The summed E-state index contributed by atoms with van der Waals surface area (Å²) in [5.74, 6) is -0.161. The van der Waals surface area contributed by atoms with Gasteiger partial charge in [0.15, 0.2) is 6.39 Å². The van der Waals surface area contributed by atoms with Gasteiger partial charge in [-0.2, -0.15) is 0 Å². The Morgan fingerprint density at radius 3 is 2.82 bits per heavy atom. The fraction of sp³-hybridized carbons (Fsp3) is 0.500. The van der Waals surface area contributed by atoms with Crippen molar-refractivity contribution in [2.24, 2.45) is 16.3 Å². The minimum absolute atomic E-state index is 0.0482. The molecule has 94 valence electrons. The maximum atomic E-state index is 11.7. The molecular weight excluding hydrogens is 224 g/mol. The van der Waals surface area contributed by atoms with Crippen LogP contribution in [0.15, 0.2) is 16.0 Å². The maximum Gasteiger partial charge on any atom is 0.289 e. The first-order chi connectivity index (χ1) is 7.88. The van der Waals surface area contributed by atoms with E-state index in [0.29, 0.717) is 5.69 Å². The molecule has 0 unspecified atom stereocenters. The normalized spacial score (nSPS) is 12.5. The fourth-order valence-electron chi connectivity index (χ4n) is 1.13. The summed E-state index contributed by atoms with van der Waals surface area (Å²) in [6, 6.07) is 0. The summed E-state index contributed by atoms with van der Waals surface area (Å²) >= 11 is 0. The largest absolute Gasteiger partial charge is 0.438 e. The van der Waals surface area contributed by atoms with E-state index < -0.39 is 5.41 Å². The Morgan fingerprint density at radius 1 is 1.71 bits per heavy atom. The van der Waals surface area contributed by atoms with Crippen molar-refractivity contribution in [3.05, 3.63) is 17.8 Å². The SMILES string of the molecule is Cc1ncoc1C(=O)NCC(C)(C)C(N)=NO. The monoisotopic (exact) mass is 240 g/mol. The van der Waals surface area contributed by atoms with Crippen molar-refractivity contribution in [2.75, 3.05) is 6.54 Å². The molecule has 0 radical (unpaired) electrons. The molecule has 0 saturated carbocycles. The van der Waals surface area contributed by atoms with Crippen molar-refractivity contribution in [3.63, 3.8) is 0 Å². The molecule has 1 heterocycles. The Bertz CT molecular complexity index is 437. The van der Waals surface area contributed by atoms with Crippen LogP contribution in [0.2, 0.25) is 0 Å². The number of amidine groups is 1. The van der Waals surface area contributed by atoms with Gasteiger partial charge in [0.05, 0.1) is 5.69 Å². The number of nitrogens with two attached hydrogens (primary N) is 1. The van der Waals surface area contributed by atoms with Crippen molar-refractivity contribution in [1.82, 2.24) is 10.3 Å². The fourth-order valence-corrected chi connectivity index (χ4v) is 1.13. The van der Waals surface area contributed by atoms with E-state index in [1.54, 1.807) is 20.8 Å². The Morgan fingerprint density at radius 2 is 2.35 bits per heavy atom. The van der Waals surface area contributed by atoms with Crippen LogP contribution < -0.4 is 11.1 Å². The molecule has 0 aliphatic carbocycles. The maximum absolute atomic E-state index is 11.7. The van der Waals surface area contributed by atoms with Crippen LogP contribution in [0.1, 0.15) is 30.1 Å². The molecule has 1 aromatic rings. The van der Waals surface area contributed by atoms with Gasteiger partial charge in [0.25, 0.3) is 5.91 Å². The number of carbonyl (C=O) groups excluding carboxylic acids is 1. The van der Waals surface area contributed by atoms with E-state index in [9.17, 15) is 4.79 Å². The molecule has 0 aliphatic heterocycles. The number of hydrogen-bond donors (Lipinski definition) is 3. The third-order valence-corrected chi connectivity index (χ3v) is 2.44. The third-order valence-electron chi connectivity index (χ3n) is 2.44. The zero-order valence-electron chi connectivity index (χ0n) is 10.0. The quantitative estimate of drug-likeness (QED) is 0.306. The molecule has 0 aromatic carbocycles. The van der Waals surface area contributed by atoms with Gasteiger partial charge < -0.3 is 20.7 Å². The lowest BCUT2D eigenvalue weighted by Crippen LogP contribution is -2.42. The number of carbonyl (C=O) groups is 1. The predicted octanol–water partition coefficient (Wildman–Crippen LogP) is 0.485. The van der Waals surface area contributed by atoms with E-state index in [4.69, 9.17) is 15.4 Å². The van der Waals surface area contributed by atoms with E-state index in [2.05, 4.69) is 15.5 Å². The molecule has 1 aromatic heterocycles. The summed E-state index contributed by atoms with van der Waals surface area (Å²) in [5.41, 5.74) is 5.38. The van der Waals surface area contributed by atoms with Crippen LogP contribution in [0.5, 0.6) is 0 Å². The van der Waals surface area contributed by atoms with Gasteiger partial charge in [0.2, 0.25) is 5.76 Å². The first kappa shape index (κ1) is 13.0. The van der Waals surface area contributed by atoms with E-state index >= 15 is 0 Å². The van der Waals surface area contributed by atoms with Crippen molar-refractivity contribution in [3.8, 4) is 0 Å². The number of aromatic nitrogens is 1. The smallest absolute Gasteiger partial charge is 0.289 e. The first-order valence-corrected chi connectivity index (χ1v) is 5.05. The van der Waals surface area contributed by atoms with E-state index in [-0.39, 0.29) is 24.0 Å². The lowest BCUT2D eigenvalue weighted by Gasteiger charge is -2.22. The van der Waals surface area contributed by atoms with Crippen molar-refractivity contribution < 1.29 is 14.4 Å². The van der Waals surface area contributed by atoms with E-state index in [1.165, 1.54) is 6.39 Å². The molecule has 0 spiro atoms.